The summed E-state index contributed by atoms with van der Waals surface area (Å²) in [4.78, 5) is 4.34. The van der Waals surface area contributed by atoms with Gasteiger partial charge in [0.05, 0.1) is 23.8 Å². The van der Waals surface area contributed by atoms with Gasteiger partial charge >= 0.3 is 0 Å². The molecule has 1 aliphatic rings. The molecule has 5 nitrogen and oxygen atoms in total. The normalized spacial score (nSPS) is 11.9. The lowest BCUT2D eigenvalue weighted by Crippen LogP contribution is -2.24. The summed E-state index contributed by atoms with van der Waals surface area (Å²) in [6, 6.07) is 13.0. The van der Waals surface area contributed by atoms with Crippen molar-refractivity contribution in [2.45, 2.75) is 114 Å². The van der Waals surface area contributed by atoms with E-state index in [-0.39, 0.29) is 0 Å². The Kier molecular flexibility index (Phi) is 13.4. The fourth-order valence-corrected chi connectivity index (χ4v) is 6.21. The Morgan fingerprint density at radius 3 is 1.85 bits per heavy atom. The van der Waals surface area contributed by atoms with Gasteiger partial charge in [-0.15, -0.1) is 0 Å². The smallest absolute Gasteiger partial charge is 0.163 e. The number of para-hydroxylation sites is 1. The molecule has 0 N–H and O–H groups in total. The zero-order valence-electron chi connectivity index (χ0n) is 24.2. The Labute approximate surface area is 240 Å². The summed E-state index contributed by atoms with van der Waals surface area (Å²) in [5.74, 6) is 1.07. The first-order valence-electron chi connectivity index (χ1n) is 15.1. The average Bonchev–Trinajstić information content (AvgIpc) is 2.96. The lowest BCUT2D eigenvalue weighted by Gasteiger charge is -2.35. The highest BCUT2D eigenvalue weighted by atomic mass is 32.2. The van der Waals surface area contributed by atoms with Crippen LogP contribution in [0.5, 0.6) is 11.5 Å². The minimum Gasteiger partial charge on any atom is -0.491 e. The van der Waals surface area contributed by atoms with Gasteiger partial charge in [-0.25, -0.2) is 0 Å². The molecule has 6 heteroatoms. The van der Waals surface area contributed by atoms with E-state index in [0.29, 0.717) is 35.8 Å². The number of nitrogens with zero attached hydrogens (tertiary/aromatic N) is 3. The van der Waals surface area contributed by atoms with Crippen LogP contribution in [-0.4, -0.2) is 19.8 Å². The first-order chi connectivity index (χ1) is 19.2. The molecule has 0 fully saturated rings. The van der Waals surface area contributed by atoms with Crippen LogP contribution in [0.25, 0.3) is 0 Å². The van der Waals surface area contributed by atoms with E-state index in [2.05, 4.69) is 62.1 Å². The van der Waals surface area contributed by atoms with Gasteiger partial charge in [0.25, 0.3) is 0 Å². The fourth-order valence-electron chi connectivity index (χ4n) is 5.01. The first-order valence-corrected chi connectivity index (χ1v) is 15.9. The van der Waals surface area contributed by atoms with Crippen molar-refractivity contribution in [2.75, 3.05) is 24.7 Å². The van der Waals surface area contributed by atoms with Crippen LogP contribution in [0.15, 0.2) is 34.1 Å². The van der Waals surface area contributed by atoms with Crippen LogP contribution in [0.1, 0.15) is 115 Å². The second-order valence-corrected chi connectivity index (χ2v) is 11.3. The number of unbranched alkanes of at least 4 members (excludes halogenated alkanes) is 10. The summed E-state index contributed by atoms with van der Waals surface area (Å²) in [5.41, 5.74) is 2.61. The lowest BCUT2D eigenvalue weighted by molar-refractivity contribution is 0.289. The van der Waals surface area contributed by atoms with Gasteiger partial charge in [0.2, 0.25) is 0 Å². The van der Waals surface area contributed by atoms with E-state index in [1.807, 2.05) is 0 Å². The number of fused-ring (bicyclic) bond motifs is 2. The minimum atomic E-state index is 0.297. The largest absolute Gasteiger partial charge is 0.491 e. The molecule has 3 rings (SSSR count). The molecule has 0 amide bonds. The van der Waals surface area contributed by atoms with Crippen LogP contribution in [-0.2, 0) is 0 Å². The minimum absolute atomic E-state index is 0.297. The Hall–Kier alpha value is -2.83. The van der Waals surface area contributed by atoms with Gasteiger partial charge in [0.1, 0.15) is 29.0 Å². The van der Waals surface area contributed by atoms with Crippen LogP contribution in [0.2, 0.25) is 0 Å². The van der Waals surface area contributed by atoms with Crippen molar-refractivity contribution >= 4 is 23.1 Å². The fraction of sp³-hybridized carbons (Fsp3) is 0.576. The second kappa shape index (κ2) is 17.0. The molecule has 2 aromatic carbocycles. The lowest BCUT2D eigenvalue weighted by atomic mass is 10.0. The molecule has 1 aliphatic heterocycles. The summed E-state index contributed by atoms with van der Waals surface area (Å²) in [6.45, 7) is 8.51. The number of nitriles is 2. The third-order valence-electron chi connectivity index (χ3n) is 7.18. The summed E-state index contributed by atoms with van der Waals surface area (Å²) >= 11 is 1.63. The Bertz CT molecular complexity index is 1140. The summed E-state index contributed by atoms with van der Waals surface area (Å²) in [5, 5.41) is 20.6. The van der Waals surface area contributed by atoms with Gasteiger partial charge in [0, 0.05) is 11.4 Å². The van der Waals surface area contributed by atoms with Crippen LogP contribution in [0.3, 0.4) is 0 Å². The SMILES string of the molecule is CCCCCCCOc1c(C#N)c(C#N)c(OCCCCCCC)c2c1Sc1ccccc1N2CCCCC. The topological polar surface area (TPSA) is 69.3 Å². The predicted molar refractivity (Wildman–Crippen MR) is 161 cm³/mol. The van der Waals surface area contributed by atoms with Crippen molar-refractivity contribution in [1.29, 1.82) is 10.5 Å². The number of hydrogen-bond acceptors (Lipinski definition) is 6. The van der Waals surface area contributed by atoms with Crippen molar-refractivity contribution in [3.63, 3.8) is 0 Å². The van der Waals surface area contributed by atoms with Gasteiger partial charge in [-0.3, -0.25) is 0 Å². The van der Waals surface area contributed by atoms with E-state index in [4.69, 9.17) is 9.47 Å². The summed E-state index contributed by atoms with van der Waals surface area (Å²) < 4.78 is 12.8. The van der Waals surface area contributed by atoms with Crippen molar-refractivity contribution in [3.8, 4) is 23.6 Å². The molecule has 0 bridgehead atoms. The predicted octanol–water partition coefficient (Wildman–Crippen LogP) is 9.92. The van der Waals surface area contributed by atoms with Gasteiger partial charge in [0.15, 0.2) is 11.5 Å². The van der Waals surface area contributed by atoms with Crippen molar-refractivity contribution < 1.29 is 9.47 Å². The zero-order chi connectivity index (χ0) is 27.9. The van der Waals surface area contributed by atoms with Crippen molar-refractivity contribution in [2.24, 2.45) is 0 Å². The van der Waals surface area contributed by atoms with E-state index >= 15 is 0 Å². The van der Waals surface area contributed by atoms with Crippen LogP contribution < -0.4 is 14.4 Å². The van der Waals surface area contributed by atoms with E-state index in [1.165, 1.54) is 38.5 Å². The van der Waals surface area contributed by atoms with E-state index in [0.717, 1.165) is 72.7 Å². The highest BCUT2D eigenvalue weighted by Gasteiger charge is 2.34. The number of benzene rings is 2. The quantitative estimate of drug-likeness (QED) is 0.173. The molecule has 0 aliphatic carbocycles. The van der Waals surface area contributed by atoms with E-state index in [1.54, 1.807) is 11.8 Å². The molecule has 2 aromatic rings. The van der Waals surface area contributed by atoms with E-state index < -0.39 is 0 Å². The molecule has 1 heterocycles. The molecule has 210 valence electrons. The van der Waals surface area contributed by atoms with Crippen molar-refractivity contribution in [3.05, 3.63) is 35.4 Å². The Morgan fingerprint density at radius 2 is 1.23 bits per heavy atom. The van der Waals surface area contributed by atoms with Crippen LogP contribution in [0.4, 0.5) is 11.4 Å². The number of rotatable bonds is 18. The molecule has 0 spiro atoms. The molecule has 0 atom stereocenters. The van der Waals surface area contributed by atoms with Crippen LogP contribution in [0, 0.1) is 22.7 Å². The summed E-state index contributed by atoms with van der Waals surface area (Å²) in [7, 11) is 0. The third-order valence-corrected chi connectivity index (χ3v) is 8.32. The second-order valence-electron chi connectivity index (χ2n) is 10.3. The molecular formula is C33H45N3O2S. The highest BCUT2D eigenvalue weighted by Crippen LogP contribution is 2.57. The molecule has 0 aromatic heterocycles. The van der Waals surface area contributed by atoms with E-state index in [9.17, 15) is 10.5 Å². The standard InChI is InChI=1S/C33H45N3O2S/c1-4-7-10-12-17-22-37-31-26(24-34)27(25-35)32(38-23-18-13-11-8-5-2)33-30(31)36(21-16-9-6-3)28-19-14-15-20-29(28)39-33/h14-15,19-20H,4-13,16-18,21-23H2,1-3H3. The zero-order valence-corrected chi connectivity index (χ0v) is 25.0. The van der Waals surface area contributed by atoms with Crippen LogP contribution >= 0.6 is 11.8 Å². The van der Waals surface area contributed by atoms with Crippen molar-refractivity contribution in [1.82, 2.24) is 0 Å². The maximum atomic E-state index is 10.3. The Balaban J connectivity index is 2.05. The number of anilines is 2. The van der Waals surface area contributed by atoms with Gasteiger partial charge < -0.3 is 14.4 Å². The molecular weight excluding hydrogens is 502 g/mol. The number of ether oxygens (including phenoxy) is 2. The molecule has 0 saturated carbocycles. The summed E-state index contributed by atoms with van der Waals surface area (Å²) in [6.07, 6.45) is 14.5. The maximum absolute atomic E-state index is 10.3. The maximum Gasteiger partial charge on any atom is 0.163 e. The third kappa shape index (κ3) is 8.09. The highest BCUT2D eigenvalue weighted by molar-refractivity contribution is 7.99. The Morgan fingerprint density at radius 1 is 0.692 bits per heavy atom. The van der Waals surface area contributed by atoms with Gasteiger partial charge in [-0.05, 0) is 31.4 Å². The van der Waals surface area contributed by atoms with Gasteiger partial charge in [-0.1, -0.05) is 109 Å². The molecule has 0 unspecified atom stereocenters. The first kappa shape index (κ1) is 30.7. The van der Waals surface area contributed by atoms with Gasteiger partial charge in [-0.2, -0.15) is 10.5 Å². The molecule has 0 radical (unpaired) electrons. The molecule has 0 saturated heterocycles. The number of hydrogen-bond donors (Lipinski definition) is 0. The molecule has 39 heavy (non-hydrogen) atoms. The monoisotopic (exact) mass is 547 g/mol. The average molecular weight is 548 g/mol.